The summed E-state index contributed by atoms with van der Waals surface area (Å²) in [6.07, 6.45) is 0. The highest BCUT2D eigenvalue weighted by atomic mass is 79.9. The Bertz CT molecular complexity index is 655. The van der Waals surface area contributed by atoms with Gasteiger partial charge in [-0.25, -0.2) is 0 Å². The number of hydrogen-bond acceptors (Lipinski definition) is 3. The lowest BCUT2D eigenvalue weighted by Gasteiger charge is -2.12. The number of nitrogens with two attached hydrogens (primary N) is 1. The summed E-state index contributed by atoms with van der Waals surface area (Å²) < 4.78 is 7.40. The van der Waals surface area contributed by atoms with E-state index in [1.54, 1.807) is 24.3 Å². The summed E-state index contributed by atoms with van der Waals surface area (Å²) >= 11 is 6.71. The van der Waals surface area contributed by atoms with E-state index in [0.717, 1.165) is 10.0 Å². The van der Waals surface area contributed by atoms with Gasteiger partial charge in [-0.15, -0.1) is 0 Å². The number of nitrogen functional groups attached to an aromatic ring is 1. The van der Waals surface area contributed by atoms with Gasteiger partial charge in [0, 0.05) is 8.95 Å². The first kappa shape index (κ1) is 13.9. The molecule has 0 bridgehead atoms. The van der Waals surface area contributed by atoms with E-state index < -0.39 is 0 Å². The van der Waals surface area contributed by atoms with Gasteiger partial charge < -0.3 is 10.5 Å². The zero-order valence-electron chi connectivity index (χ0n) is 10.1. The molecule has 0 aliphatic rings. The minimum atomic E-state index is 0.562. The number of rotatable bonds is 2. The summed E-state index contributed by atoms with van der Waals surface area (Å²) in [5.74, 6) is 1.25. The molecule has 3 nitrogen and oxygen atoms in total. The maximum atomic E-state index is 8.87. The van der Waals surface area contributed by atoms with Crippen LogP contribution < -0.4 is 10.5 Å². The van der Waals surface area contributed by atoms with Crippen LogP contribution in [0.5, 0.6) is 11.5 Å². The molecule has 0 unspecified atom stereocenters. The first-order valence-corrected chi connectivity index (χ1v) is 7.03. The van der Waals surface area contributed by atoms with Gasteiger partial charge in [0.15, 0.2) is 5.75 Å². The van der Waals surface area contributed by atoms with Gasteiger partial charge in [-0.05, 0) is 58.7 Å². The van der Waals surface area contributed by atoms with Crippen molar-refractivity contribution in [2.24, 2.45) is 0 Å². The fourth-order valence-corrected chi connectivity index (χ4v) is 2.70. The Kier molecular flexibility index (Phi) is 4.13. The summed E-state index contributed by atoms with van der Waals surface area (Å²) in [6.45, 7) is 1.93. The standard InChI is InChI=1S/C14H10Br2N2O/c1-8-4-10(15)5-13(18)14(8)19-11-3-2-9(7-17)12(16)6-11/h2-6H,18H2,1H3. The van der Waals surface area contributed by atoms with E-state index in [4.69, 9.17) is 15.7 Å². The SMILES string of the molecule is Cc1cc(Br)cc(N)c1Oc1ccc(C#N)c(Br)c1. The molecular weight excluding hydrogens is 372 g/mol. The smallest absolute Gasteiger partial charge is 0.153 e. The first-order valence-electron chi connectivity index (χ1n) is 5.44. The lowest BCUT2D eigenvalue weighted by Crippen LogP contribution is -1.95. The molecule has 0 aromatic heterocycles. The van der Waals surface area contributed by atoms with Crippen molar-refractivity contribution in [2.75, 3.05) is 5.73 Å². The second-order valence-corrected chi connectivity index (χ2v) is 5.77. The number of nitriles is 1. The molecule has 5 heteroatoms. The number of hydrogen-bond donors (Lipinski definition) is 1. The average Bonchev–Trinajstić information content (AvgIpc) is 2.34. The van der Waals surface area contributed by atoms with E-state index in [0.29, 0.717) is 27.2 Å². The monoisotopic (exact) mass is 380 g/mol. The van der Waals surface area contributed by atoms with Gasteiger partial charge >= 0.3 is 0 Å². The quantitative estimate of drug-likeness (QED) is 0.762. The summed E-state index contributed by atoms with van der Waals surface area (Å²) in [4.78, 5) is 0. The van der Waals surface area contributed by atoms with Gasteiger partial charge in [0.05, 0.1) is 11.3 Å². The summed E-state index contributed by atoms with van der Waals surface area (Å²) in [5.41, 5.74) is 8.01. The topological polar surface area (TPSA) is 59.0 Å². The zero-order chi connectivity index (χ0) is 14.0. The molecule has 0 saturated carbocycles. The van der Waals surface area contributed by atoms with Gasteiger partial charge in [-0.1, -0.05) is 15.9 Å². The normalized spacial score (nSPS) is 10.0. The van der Waals surface area contributed by atoms with E-state index in [1.165, 1.54) is 0 Å². The van der Waals surface area contributed by atoms with Crippen LogP contribution in [-0.4, -0.2) is 0 Å². The lowest BCUT2D eigenvalue weighted by molar-refractivity contribution is 0.481. The Balaban J connectivity index is 2.37. The molecule has 0 heterocycles. The van der Waals surface area contributed by atoms with Crippen molar-refractivity contribution in [1.82, 2.24) is 0 Å². The van der Waals surface area contributed by atoms with Crippen LogP contribution in [0.15, 0.2) is 39.3 Å². The predicted molar refractivity (Wildman–Crippen MR) is 82.2 cm³/mol. The molecule has 0 fully saturated rings. The number of benzene rings is 2. The molecular formula is C14H10Br2N2O. The van der Waals surface area contributed by atoms with Crippen LogP contribution in [0.2, 0.25) is 0 Å². The fraction of sp³-hybridized carbons (Fsp3) is 0.0714. The molecule has 96 valence electrons. The number of anilines is 1. The van der Waals surface area contributed by atoms with E-state index in [1.807, 2.05) is 13.0 Å². The van der Waals surface area contributed by atoms with Crippen LogP contribution in [0.1, 0.15) is 11.1 Å². The predicted octanol–water partition coefficient (Wildman–Crippen LogP) is 4.77. The molecule has 0 aliphatic carbocycles. The number of aryl methyl sites for hydroxylation is 1. The van der Waals surface area contributed by atoms with Gasteiger partial charge in [0.2, 0.25) is 0 Å². The van der Waals surface area contributed by atoms with Crippen molar-refractivity contribution in [3.63, 3.8) is 0 Å². The van der Waals surface area contributed by atoms with E-state index >= 15 is 0 Å². The highest BCUT2D eigenvalue weighted by Crippen LogP contribution is 2.35. The average molecular weight is 382 g/mol. The molecule has 0 amide bonds. The lowest BCUT2D eigenvalue weighted by atomic mass is 10.2. The molecule has 0 atom stereocenters. The molecule has 19 heavy (non-hydrogen) atoms. The Hall–Kier alpha value is -1.51. The van der Waals surface area contributed by atoms with Gasteiger partial charge in [-0.3, -0.25) is 0 Å². The van der Waals surface area contributed by atoms with Crippen molar-refractivity contribution in [1.29, 1.82) is 5.26 Å². The Labute approximate surface area is 128 Å². The minimum absolute atomic E-state index is 0.562. The van der Waals surface area contributed by atoms with Crippen LogP contribution in [0, 0.1) is 18.3 Å². The zero-order valence-corrected chi connectivity index (χ0v) is 13.2. The van der Waals surface area contributed by atoms with Crippen molar-refractivity contribution in [3.8, 4) is 17.6 Å². The van der Waals surface area contributed by atoms with Crippen molar-refractivity contribution >= 4 is 37.5 Å². The molecule has 0 radical (unpaired) electrons. The Morgan fingerprint density at radius 2 is 1.95 bits per heavy atom. The third kappa shape index (κ3) is 3.09. The largest absolute Gasteiger partial charge is 0.455 e. The van der Waals surface area contributed by atoms with Crippen molar-refractivity contribution in [2.45, 2.75) is 6.92 Å². The second-order valence-electron chi connectivity index (χ2n) is 4.00. The molecule has 2 rings (SSSR count). The van der Waals surface area contributed by atoms with Crippen LogP contribution in [0.3, 0.4) is 0 Å². The van der Waals surface area contributed by atoms with Gasteiger partial charge in [0.1, 0.15) is 11.8 Å². The fourth-order valence-electron chi connectivity index (χ4n) is 1.66. The van der Waals surface area contributed by atoms with Crippen LogP contribution in [0.4, 0.5) is 5.69 Å². The first-order chi connectivity index (χ1) is 9.01. The maximum Gasteiger partial charge on any atom is 0.153 e. The Morgan fingerprint density at radius 3 is 2.53 bits per heavy atom. The van der Waals surface area contributed by atoms with E-state index in [-0.39, 0.29) is 0 Å². The molecule has 0 saturated heterocycles. The third-order valence-corrected chi connectivity index (χ3v) is 3.66. The summed E-state index contributed by atoms with van der Waals surface area (Å²) in [7, 11) is 0. The number of halogens is 2. The number of nitrogens with zero attached hydrogens (tertiary/aromatic N) is 1. The van der Waals surface area contributed by atoms with Crippen LogP contribution in [0.25, 0.3) is 0 Å². The molecule has 0 aliphatic heterocycles. The third-order valence-electron chi connectivity index (χ3n) is 2.55. The maximum absolute atomic E-state index is 8.87. The van der Waals surface area contributed by atoms with Crippen molar-refractivity contribution in [3.05, 3.63) is 50.4 Å². The van der Waals surface area contributed by atoms with Crippen LogP contribution >= 0.6 is 31.9 Å². The van der Waals surface area contributed by atoms with E-state index in [9.17, 15) is 0 Å². The molecule has 0 spiro atoms. The van der Waals surface area contributed by atoms with E-state index in [2.05, 4.69) is 37.9 Å². The summed E-state index contributed by atoms with van der Waals surface area (Å²) in [5, 5.41) is 8.87. The second kappa shape index (κ2) is 5.64. The minimum Gasteiger partial charge on any atom is -0.455 e. The Morgan fingerprint density at radius 1 is 1.21 bits per heavy atom. The molecule has 2 N–H and O–H groups in total. The van der Waals surface area contributed by atoms with Gasteiger partial charge in [-0.2, -0.15) is 5.26 Å². The van der Waals surface area contributed by atoms with Crippen molar-refractivity contribution < 1.29 is 4.74 Å². The van der Waals surface area contributed by atoms with Crippen LogP contribution in [-0.2, 0) is 0 Å². The highest BCUT2D eigenvalue weighted by Gasteiger charge is 2.09. The number of ether oxygens (including phenoxy) is 1. The summed E-state index contributed by atoms with van der Waals surface area (Å²) in [6, 6.07) is 11.0. The molecule has 2 aromatic rings. The van der Waals surface area contributed by atoms with Gasteiger partial charge in [0.25, 0.3) is 0 Å². The highest BCUT2D eigenvalue weighted by molar-refractivity contribution is 9.10. The molecule has 2 aromatic carbocycles.